The third kappa shape index (κ3) is 2.01. The molecular weight excluding hydrogens is 250 g/mol. The van der Waals surface area contributed by atoms with Crippen LogP contribution in [0.2, 0.25) is 0 Å². The minimum absolute atomic E-state index is 0.518. The van der Waals surface area contributed by atoms with Crippen molar-refractivity contribution in [3.8, 4) is 6.07 Å². The molecule has 1 aliphatic rings. The number of nitrogens with zero attached hydrogens (tertiary/aromatic N) is 1. The summed E-state index contributed by atoms with van der Waals surface area (Å²) in [6, 6.07) is 11.9. The molecule has 1 aromatic heterocycles. The molecule has 1 saturated carbocycles. The molecule has 2 aromatic rings. The normalized spacial score (nSPS) is 27.6. The van der Waals surface area contributed by atoms with Gasteiger partial charge in [-0.15, -0.1) is 0 Å². The number of aliphatic hydroxyl groups excluding tert-OH is 1. The minimum Gasteiger partial charge on any atom is -0.458 e. The van der Waals surface area contributed by atoms with E-state index >= 15 is 0 Å². The Labute approximate surface area is 118 Å². The Morgan fingerprint density at radius 3 is 2.95 bits per heavy atom. The summed E-state index contributed by atoms with van der Waals surface area (Å²) < 4.78 is 5.74. The fraction of sp³-hybridized carbons (Fsp3) is 0.471. The van der Waals surface area contributed by atoms with Crippen LogP contribution >= 0.6 is 0 Å². The number of para-hydroxylation sites is 1. The van der Waals surface area contributed by atoms with Crippen molar-refractivity contribution in [2.75, 3.05) is 0 Å². The molecule has 1 aliphatic carbocycles. The summed E-state index contributed by atoms with van der Waals surface area (Å²) >= 11 is 0. The summed E-state index contributed by atoms with van der Waals surface area (Å²) in [6.07, 6.45) is 2.76. The zero-order valence-electron chi connectivity index (χ0n) is 11.7. The number of furan rings is 1. The van der Waals surface area contributed by atoms with Crippen LogP contribution < -0.4 is 0 Å². The van der Waals surface area contributed by atoms with Gasteiger partial charge in [-0.1, -0.05) is 31.5 Å². The number of rotatable bonds is 3. The first kappa shape index (κ1) is 13.2. The van der Waals surface area contributed by atoms with Crippen molar-refractivity contribution < 1.29 is 9.52 Å². The maximum atomic E-state index is 10.7. The number of fused-ring (bicyclic) bond motifs is 1. The molecule has 3 nitrogen and oxygen atoms in total. The average Bonchev–Trinajstić information content (AvgIpc) is 3.11. The Balaban J connectivity index is 1.94. The molecule has 0 spiro atoms. The minimum atomic E-state index is -0.837. The highest BCUT2D eigenvalue weighted by molar-refractivity contribution is 5.77. The first-order valence-electron chi connectivity index (χ1n) is 7.26. The van der Waals surface area contributed by atoms with Gasteiger partial charge in [-0.2, -0.15) is 5.26 Å². The van der Waals surface area contributed by atoms with Crippen LogP contribution in [-0.4, -0.2) is 5.11 Å². The molecule has 0 saturated heterocycles. The predicted molar refractivity (Wildman–Crippen MR) is 76.9 cm³/mol. The summed E-state index contributed by atoms with van der Waals surface area (Å²) in [4.78, 5) is 0. The van der Waals surface area contributed by atoms with Crippen LogP contribution in [0.25, 0.3) is 11.0 Å². The van der Waals surface area contributed by atoms with Crippen LogP contribution in [0.4, 0.5) is 0 Å². The van der Waals surface area contributed by atoms with Gasteiger partial charge in [0.05, 0.1) is 11.5 Å². The van der Waals surface area contributed by atoms with Crippen LogP contribution in [0.1, 0.15) is 44.5 Å². The quantitative estimate of drug-likeness (QED) is 0.909. The molecule has 20 heavy (non-hydrogen) atoms. The molecule has 1 N–H and O–H groups in total. The van der Waals surface area contributed by atoms with E-state index in [1.807, 2.05) is 30.3 Å². The standard InChI is InChI=1S/C17H19NO2/c1-2-12-7-8-17(10-12,11-18)16(19)15-9-13-5-3-4-6-14(13)20-15/h3-6,9,12,16,19H,2,7-8,10H2,1H3. The second-order valence-corrected chi connectivity index (χ2v) is 5.87. The van der Waals surface area contributed by atoms with E-state index in [9.17, 15) is 10.4 Å². The third-order valence-electron chi connectivity index (χ3n) is 4.69. The molecular formula is C17H19NO2. The second kappa shape index (κ2) is 4.96. The summed E-state index contributed by atoms with van der Waals surface area (Å²) in [5.41, 5.74) is 0.0776. The average molecular weight is 269 g/mol. The van der Waals surface area contributed by atoms with E-state index in [2.05, 4.69) is 13.0 Å². The summed E-state index contributed by atoms with van der Waals surface area (Å²) in [5.74, 6) is 1.05. The lowest BCUT2D eigenvalue weighted by Crippen LogP contribution is -2.24. The number of hydrogen-bond acceptors (Lipinski definition) is 3. The van der Waals surface area contributed by atoms with Crippen molar-refractivity contribution >= 4 is 11.0 Å². The summed E-state index contributed by atoms with van der Waals surface area (Å²) in [7, 11) is 0. The van der Waals surface area contributed by atoms with Gasteiger partial charge in [0.15, 0.2) is 0 Å². The molecule has 1 fully saturated rings. The molecule has 104 valence electrons. The van der Waals surface area contributed by atoms with E-state index in [1.54, 1.807) is 0 Å². The first-order chi connectivity index (χ1) is 9.68. The lowest BCUT2D eigenvalue weighted by Gasteiger charge is -2.25. The Kier molecular flexibility index (Phi) is 3.27. The summed E-state index contributed by atoms with van der Waals surface area (Å²) in [5, 5.41) is 21.2. The lowest BCUT2D eigenvalue weighted by atomic mass is 9.79. The monoisotopic (exact) mass is 269 g/mol. The fourth-order valence-electron chi connectivity index (χ4n) is 3.35. The Morgan fingerprint density at radius 2 is 2.30 bits per heavy atom. The van der Waals surface area contributed by atoms with Crippen LogP contribution in [-0.2, 0) is 0 Å². The van der Waals surface area contributed by atoms with E-state index in [4.69, 9.17) is 4.42 Å². The van der Waals surface area contributed by atoms with Crippen molar-refractivity contribution in [2.24, 2.45) is 11.3 Å². The highest BCUT2D eigenvalue weighted by Gasteiger charge is 2.46. The summed E-state index contributed by atoms with van der Waals surface area (Å²) in [6.45, 7) is 2.14. The number of nitriles is 1. The van der Waals surface area contributed by atoms with Gasteiger partial charge in [0.1, 0.15) is 17.4 Å². The topological polar surface area (TPSA) is 57.2 Å². The number of aliphatic hydroxyl groups is 1. The van der Waals surface area contributed by atoms with Gasteiger partial charge in [-0.05, 0) is 37.3 Å². The van der Waals surface area contributed by atoms with Gasteiger partial charge in [-0.3, -0.25) is 0 Å². The largest absolute Gasteiger partial charge is 0.458 e. The van der Waals surface area contributed by atoms with E-state index in [0.717, 1.165) is 36.7 Å². The van der Waals surface area contributed by atoms with Gasteiger partial charge < -0.3 is 9.52 Å². The number of hydrogen-bond donors (Lipinski definition) is 1. The SMILES string of the molecule is CCC1CCC(C#N)(C(O)c2cc3ccccc3o2)C1. The molecule has 3 heteroatoms. The maximum Gasteiger partial charge on any atom is 0.135 e. The van der Waals surface area contributed by atoms with E-state index in [0.29, 0.717) is 11.7 Å². The zero-order chi connectivity index (χ0) is 14.2. The fourth-order valence-corrected chi connectivity index (χ4v) is 3.35. The van der Waals surface area contributed by atoms with Gasteiger partial charge in [0.25, 0.3) is 0 Å². The maximum absolute atomic E-state index is 10.7. The Hall–Kier alpha value is -1.79. The van der Waals surface area contributed by atoms with E-state index in [1.165, 1.54) is 0 Å². The highest BCUT2D eigenvalue weighted by Crippen LogP contribution is 2.51. The molecule has 1 aromatic carbocycles. The van der Waals surface area contributed by atoms with Crippen molar-refractivity contribution in [2.45, 2.75) is 38.7 Å². The molecule has 3 rings (SSSR count). The molecule has 3 atom stereocenters. The lowest BCUT2D eigenvalue weighted by molar-refractivity contribution is 0.0464. The third-order valence-corrected chi connectivity index (χ3v) is 4.69. The predicted octanol–water partition coefficient (Wildman–Crippen LogP) is 4.19. The zero-order valence-corrected chi connectivity index (χ0v) is 11.7. The first-order valence-corrected chi connectivity index (χ1v) is 7.26. The molecule has 0 bridgehead atoms. The van der Waals surface area contributed by atoms with E-state index < -0.39 is 11.5 Å². The smallest absolute Gasteiger partial charge is 0.135 e. The van der Waals surface area contributed by atoms with Gasteiger partial charge in [-0.25, -0.2) is 0 Å². The molecule has 1 heterocycles. The molecule has 0 radical (unpaired) electrons. The van der Waals surface area contributed by atoms with Gasteiger partial charge in [0, 0.05) is 5.39 Å². The van der Waals surface area contributed by atoms with Crippen molar-refractivity contribution in [1.29, 1.82) is 5.26 Å². The Morgan fingerprint density at radius 1 is 1.50 bits per heavy atom. The van der Waals surface area contributed by atoms with Crippen LogP contribution in [0, 0.1) is 22.7 Å². The molecule has 3 unspecified atom stereocenters. The van der Waals surface area contributed by atoms with E-state index in [-0.39, 0.29) is 0 Å². The van der Waals surface area contributed by atoms with Crippen LogP contribution in [0.3, 0.4) is 0 Å². The number of benzene rings is 1. The van der Waals surface area contributed by atoms with Gasteiger partial charge in [0.2, 0.25) is 0 Å². The van der Waals surface area contributed by atoms with Crippen LogP contribution in [0.15, 0.2) is 34.7 Å². The molecule has 0 aliphatic heterocycles. The Bertz CT molecular complexity index is 621. The van der Waals surface area contributed by atoms with Gasteiger partial charge >= 0.3 is 0 Å². The van der Waals surface area contributed by atoms with Crippen molar-refractivity contribution in [3.05, 3.63) is 36.1 Å². The van der Waals surface area contributed by atoms with Crippen molar-refractivity contribution in [3.63, 3.8) is 0 Å². The highest BCUT2D eigenvalue weighted by atomic mass is 16.4. The van der Waals surface area contributed by atoms with Crippen molar-refractivity contribution in [1.82, 2.24) is 0 Å². The second-order valence-electron chi connectivity index (χ2n) is 5.87. The van der Waals surface area contributed by atoms with Crippen LogP contribution in [0.5, 0.6) is 0 Å². The molecule has 0 amide bonds.